The molecule has 0 atom stereocenters. The third kappa shape index (κ3) is 1.47. The fourth-order valence-corrected chi connectivity index (χ4v) is 1.45. The molecule has 2 aromatic rings. The van der Waals surface area contributed by atoms with Gasteiger partial charge < -0.3 is 4.57 Å². The maximum Gasteiger partial charge on any atom is 0.0635 e. The van der Waals surface area contributed by atoms with Crippen molar-refractivity contribution in [3.63, 3.8) is 0 Å². The van der Waals surface area contributed by atoms with Crippen molar-refractivity contribution in [2.75, 3.05) is 0 Å². The minimum Gasteiger partial charge on any atom is -0.319 e. The summed E-state index contributed by atoms with van der Waals surface area (Å²) in [5.41, 5.74) is 2.44. The highest BCUT2D eigenvalue weighted by molar-refractivity contribution is 5.31. The Morgan fingerprint density at radius 2 is 2.23 bits per heavy atom. The van der Waals surface area contributed by atoms with E-state index in [0.717, 1.165) is 12.1 Å². The van der Waals surface area contributed by atoms with Crippen LogP contribution < -0.4 is 0 Å². The van der Waals surface area contributed by atoms with Crippen LogP contribution in [0, 0.1) is 0 Å². The van der Waals surface area contributed by atoms with Crippen LogP contribution >= 0.6 is 0 Å². The summed E-state index contributed by atoms with van der Waals surface area (Å²) < 4.78 is 2.16. The van der Waals surface area contributed by atoms with Crippen molar-refractivity contribution >= 4 is 0 Å². The van der Waals surface area contributed by atoms with Crippen molar-refractivity contribution in [2.45, 2.75) is 13.3 Å². The van der Waals surface area contributed by atoms with E-state index < -0.39 is 0 Å². The maximum atomic E-state index is 4.10. The molecule has 0 unspecified atom stereocenters. The molecule has 0 amide bonds. The number of rotatable bonds is 2. The summed E-state index contributed by atoms with van der Waals surface area (Å²) in [5.74, 6) is 0. The van der Waals surface area contributed by atoms with Crippen LogP contribution in [0.1, 0.15) is 12.6 Å². The van der Waals surface area contributed by atoms with Gasteiger partial charge in [-0.2, -0.15) is 0 Å². The maximum absolute atomic E-state index is 4.10. The van der Waals surface area contributed by atoms with Gasteiger partial charge >= 0.3 is 0 Å². The molecule has 0 saturated carbocycles. The molecule has 2 aromatic heterocycles. The lowest BCUT2D eigenvalue weighted by Crippen LogP contribution is -1.97. The zero-order chi connectivity index (χ0) is 9.10. The van der Waals surface area contributed by atoms with Gasteiger partial charge in [0, 0.05) is 18.1 Å². The largest absolute Gasteiger partial charge is 0.319 e. The van der Waals surface area contributed by atoms with Gasteiger partial charge in [0.1, 0.15) is 0 Å². The number of aromatic nitrogens is 2. The Morgan fingerprint density at radius 1 is 1.31 bits per heavy atom. The number of aryl methyl sites for hydroxylation is 1. The number of pyridine rings is 1. The van der Waals surface area contributed by atoms with E-state index in [-0.39, 0.29) is 0 Å². The van der Waals surface area contributed by atoms with E-state index in [4.69, 9.17) is 0 Å². The van der Waals surface area contributed by atoms with Gasteiger partial charge in [0.05, 0.1) is 11.9 Å². The summed E-state index contributed by atoms with van der Waals surface area (Å²) in [6.45, 7) is 2.15. The van der Waals surface area contributed by atoms with Crippen LogP contribution in [0.4, 0.5) is 0 Å². The Bertz CT molecular complexity index is 376. The molecule has 0 aliphatic rings. The molecule has 2 heterocycles. The summed E-state index contributed by atoms with van der Waals surface area (Å²) in [6.07, 6.45) is 6.77. The van der Waals surface area contributed by atoms with Gasteiger partial charge in [0.15, 0.2) is 0 Å². The van der Waals surface area contributed by atoms with Crippen molar-refractivity contribution in [3.05, 3.63) is 48.5 Å². The predicted octanol–water partition coefficient (Wildman–Crippen LogP) is 2.43. The first-order valence-corrected chi connectivity index (χ1v) is 4.48. The van der Waals surface area contributed by atoms with E-state index in [1.165, 1.54) is 5.69 Å². The molecule has 0 fully saturated rings. The van der Waals surface area contributed by atoms with E-state index in [1.54, 1.807) is 6.20 Å². The number of nitrogens with zero attached hydrogens (tertiary/aromatic N) is 2. The summed E-state index contributed by atoms with van der Waals surface area (Å²) >= 11 is 0. The Balaban J connectivity index is 2.47. The van der Waals surface area contributed by atoms with Gasteiger partial charge in [-0.15, -0.1) is 0 Å². The minimum absolute atomic E-state index is 1.04. The predicted molar refractivity (Wildman–Crippen MR) is 52.9 cm³/mol. The monoisotopic (exact) mass is 172 g/mol. The topological polar surface area (TPSA) is 17.8 Å². The van der Waals surface area contributed by atoms with Crippen molar-refractivity contribution in [3.8, 4) is 5.69 Å². The zero-order valence-corrected chi connectivity index (χ0v) is 7.64. The van der Waals surface area contributed by atoms with E-state index in [2.05, 4.69) is 40.9 Å². The second-order valence-corrected chi connectivity index (χ2v) is 2.93. The summed E-state index contributed by atoms with van der Waals surface area (Å²) in [4.78, 5) is 4.10. The molecule has 2 nitrogen and oxygen atoms in total. The fourth-order valence-electron chi connectivity index (χ4n) is 1.45. The molecular formula is C11H12N2. The van der Waals surface area contributed by atoms with Crippen LogP contribution in [0.2, 0.25) is 0 Å². The molecule has 13 heavy (non-hydrogen) atoms. The second-order valence-electron chi connectivity index (χ2n) is 2.93. The van der Waals surface area contributed by atoms with Gasteiger partial charge in [-0.05, 0) is 30.7 Å². The fraction of sp³-hybridized carbons (Fsp3) is 0.182. The molecule has 0 aromatic carbocycles. The molecule has 2 heteroatoms. The molecule has 0 aliphatic carbocycles. The number of hydrogen-bond acceptors (Lipinski definition) is 1. The summed E-state index contributed by atoms with van der Waals surface area (Å²) in [5, 5.41) is 0. The van der Waals surface area contributed by atoms with Crippen LogP contribution in [0.3, 0.4) is 0 Å². The van der Waals surface area contributed by atoms with E-state index in [1.807, 2.05) is 12.3 Å². The average molecular weight is 172 g/mol. The van der Waals surface area contributed by atoms with Crippen molar-refractivity contribution in [1.82, 2.24) is 9.55 Å². The van der Waals surface area contributed by atoms with Gasteiger partial charge in [-0.3, -0.25) is 4.98 Å². The Hall–Kier alpha value is -1.57. The SMILES string of the molecule is CCc1cccn1-c1cccnc1. The van der Waals surface area contributed by atoms with Crippen LogP contribution in [-0.2, 0) is 6.42 Å². The first-order chi connectivity index (χ1) is 6.42. The molecule has 0 N–H and O–H groups in total. The van der Waals surface area contributed by atoms with E-state index in [0.29, 0.717) is 0 Å². The first-order valence-electron chi connectivity index (χ1n) is 4.48. The molecule has 0 spiro atoms. The van der Waals surface area contributed by atoms with Crippen molar-refractivity contribution in [2.24, 2.45) is 0 Å². The van der Waals surface area contributed by atoms with Crippen LogP contribution in [0.15, 0.2) is 42.9 Å². The molecule has 0 saturated heterocycles. The smallest absolute Gasteiger partial charge is 0.0635 e. The quantitative estimate of drug-likeness (QED) is 0.680. The van der Waals surface area contributed by atoms with Crippen LogP contribution in [0.5, 0.6) is 0 Å². The van der Waals surface area contributed by atoms with Crippen LogP contribution in [-0.4, -0.2) is 9.55 Å². The number of hydrogen-bond donors (Lipinski definition) is 0. The zero-order valence-electron chi connectivity index (χ0n) is 7.64. The molecule has 0 aliphatic heterocycles. The van der Waals surface area contributed by atoms with Crippen molar-refractivity contribution < 1.29 is 0 Å². The van der Waals surface area contributed by atoms with Gasteiger partial charge in [0.2, 0.25) is 0 Å². The highest BCUT2D eigenvalue weighted by Gasteiger charge is 1.99. The lowest BCUT2D eigenvalue weighted by molar-refractivity contribution is 0.930. The normalized spacial score (nSPS) is 10.2. The molecule has 2 rings (SSSR count). The first kappa shape index (κ1) is 8.05. The van der Waals surface area contributed by atoms with E-state index >= 15 is 0 Å². The van der Waals surface area contributed by atoms with Crippen LogP contribution in [0.25, 0.3) is 5.69 Å². The van der Waals surface area contributed by atoms with Gasteiger partial charge in [-0.1, -0.05) is 6.92 Å². The summed E-state index contributed by atoms with van der Waals surface area (Å²) in [7, 11) is 0. The Kier molecular flexibility index (Phi) is 2.13. The second kappa shape index (κ2) is 3.44. The average Bonchev–Trinajstić information content (AvgIpc) is 2.67. The van der Waals surface area contributed by atoms with Gasteiger partial charge in [0.25, 0.3) is 0 Å². The summed E-state index contributed by atoms with van der Waals surface area (Å²) in [6, 6.07) is 8.21. The van der Waals surface area contributed by atoms with Crippen molar-refractivity contribution in [1.29, 1.82) is 0 Å². The molecular weight excluding hydrogens is 160 g/mol. The highest BCUT2D eigenvalue weighted by atomic mass is 15.0. The Morgan fingerprint density at radius 3 is 2.92 bits per heavy atom. The minimum atomic E-state index is 1.04. The third-order valence-corrected chi connectivity index (χ3v) is 2.12. The lowest BCUT2D eigenvalue weighted by atomic mass is 10.3. The molecule has 66 valence electrons. The molecule has 0 bridgehead atoms. The molecule has 0 radical (unpaired) electrons. The Labute approximate surface area is 77.9 Å². The lowest BCUT2D eigenvalue weighted by Gasteiger charge is -2.05. The van der Waals surface area contributed by atoms with E-state index in [9.17, 15) is 0 Å². The van der Waals surface area contributed by atoms with Gasteiger partial charge in [-0.25, -0.2) is 0 Å². The standard InChI is InChI=1S/C11H12N2/c1-2-10-6-4-8-13(10)11-5-3-7-12-9-11/h3-9H,2H2,1H3. The third-order valence-electron chi connectivity index (χ3n) is 2.12. The highest BCUT2D eigenvalue weighted by Crippen LogP contribution is 2.11.